The van der Waals surface area contributed by atoms with E-state index < -0.39 is 11.2 Å². The molecule has 2 aromatic rings. The van der Waals surface area contributed by atoms with Gasteiger partial charge in [0.15, 0.2) is 5.03 Å². The number of carbonyl (C=O) groups excluding carboxylic acids is 1. The summed E-state index contributed by atoms with van der Waals surface area (Å²) in [5.74, 6) is -0.241. The summed E-state index contributed by atoms with van der Waals surface area (Å²) in [5, 5.41) is 8.51. The molecular weight excluding hydrogens is 316 g/mol. The van der Waals surface area contributed by atoms with Gasteiger partial charge in [0.1, 0.15) is 0 Å². The topological polar surface area (TPSA) is 108 Å². The summed E-state index contributed by atoms with van der Waals surface area (Å²) < 4.78 is 0. The van der Waals surface area contributed by atoms with Crippen molar-refractivity contribution < 1.29 is 4.79 Å². The molecule has 23 heavy (non-hydrogen) atoms. The normalized spacial score (nSPS) is 11.3. The molecule has 0 aliphatic rings. The van der Waals surface area contributed by atoms with E-state index in [1.807, 2.05) is 24.3 Å². The molecule has 0 unspecified atom stereocenters. The van der Waals surface area contributed by atoms with Crippen molar-refractivity contribution in [1.82, 2.24) is 15.2 Å². The quantitative estimate of drug-likeness (QED) is 0.734. The molecule has 0 saturated heterocycles. The molecule has 7 nitrogen and oxygen atoms in total. The Labute approximate surface area is 136 Å². The Morgan fingerprint density at radius 1 is 1.22 bits per heavy atom. The number of hydrogen-bond acceptors (Lipinski definition) is 5. The highest BCUT2D eigenvalue weighted by Crippen LogP contribution is 2.23. The highest BCUT2D eigenvalue weighted by molar-refractivity contribution is 7.99. The maximum atomic E-state index is 11.9. The number of carbonyl (C=O) groups is 1. The van der Waals surface area contributed by atoms with Gasteiger partial charge in [-0.25, -0.2) is 9.89 Å². The van der Waals surface area contributed by atoms with Gasteiger partial charge in [-0.15, -0.1) is 0 Å². The van der Waals surface area contributed by atoms with Crippen LogP contribution in [0.1, 0.15) is 26.3 Å². The number of thioether (sulfide) groups is 1. The van der Waals surface area contributed by atoms with Crippen LogP contribution < -0.4 is 16.6 Å². The average molecular weight is 334 g/mol. The summed E-state index contributed by atoms with van der Waals surface area (Å²) >= 11 is 0.953. The Morgan fingerprint density at radius 3 is 2.43 bits per heavy atom. The molecular formula is C15H18N4O3S. The summed E-state index contributed by atoms with van der Waals surface area (Å²) in [5.41, 5.74) is 0.625. The fraction of sp³-hybridized carbons (Fsp3) is 0.333. The van der Waals surface area contributed by atoms with Gasteiger partial charge in [-0.05, 0) is 23.1 Å². The van der Waals surface area contributed by atoms with Crippen LogP contribution in [0.15, 0.2) is 38.9 Å². The smallest absolute Gasteiger partial charge is 0.325 e. The van der Waals surface area contributed by atoms with E-state index in [0.717, 1.165) is 11.8 Å². The number of benzene rings is 1. The van der Waals surface area contributed by atoms with Crippen molar-refractivity contribution >= 4 is 23.4 Å². The zero-order valence-electron chi connectivity index (χ0n) is 13.1. The van der Waals surface area contributed by atoms with Gasteiger partial charge >= 0.3 is 5.69 Å². The van der Waals surface area contributed by atoms with Crippen LogP contribution in [-0.2, 0) is 10.2 Å². The van der Waals surface area contributed by atoms with Crippen molar-refractivity contribution in [2.45, 2.75) is 31.2 Å². The molecule has 1 heterocycles. The van der Waals surface area contributed by atoms with Gasteiger partial charge in [0.05, 0.1) is 5.75 Å². The third-order valence-corrected chi connectivity index (χ3v) is 4.01. The lowest BCUT2D eigenvalue weighted by molar-refractivity contribution is -0.113. The maximum absolute atomic E-state index is 11.9. The predicted molar refractivity (Wildman–Crippen MR) is 90.0 cm³/mol. The number of nitrogens with one attached hydrogen (secondary N) is 3. The first-order chi connectivity index (χ1) is 10.8. The number of anilines is 1. The van der Waals surface area contributed by atoms with Crippen molar-refractivity contribution in [3.63, 3.8) is 0 Å². The SMILES string of the molecule is CC(C)(C)c1ccc(NC(=O)CSc2n[nH]c(=O)[nH]c2=O)cc1. The lowest BCUT2D eigenvalue weighted by Crippen LogP contribution is -2.25. The average Bonchev–Trinajstić information content (AvgIpc) is 2.46. The van der Waals surface area contributed by atoms with Crippen molar-refractivity contribution in [1.29, 1.82) is 0 Å². The molecule has 0 saturated carbocycles. The Morgan fingerprint density at radius 2 is 1.87 bits per heavy atom. The molecule has 0 bridgehead atoms. The minimum Gasteiger partial charge on any atom is -0.325 e. The zero-order valence-corrected chi connectivity index (χ0v) is 13.9. The minimum absolute atomic E-state index is 0.0170. The first-order valence-corrected chi connectivity index (χ1v) is 7.96. The Hall–Kier alpha value is -2.35. The second-order valence-electron chi connectivity index (χ2n) is 5.98. The fourth-order valence-corrected chi connectivity index (χ4v) is 2.45. The van der Waals surface area contributed by atoms with E-state index in [4.69, 9.17) is 0 Å². The Kier molecular flexibility index (Phi) is 5.05. The van der Waals surface area contributed by atoms with E-state index in [-0.39, 0.29) is 22.1 Å². The van der Waals surface area contributed by atoms with Gasteiger partial charge in [-0.2, -0.15) is 5.10 Å². The van der Waals surface area contributed by atoms with Gasteiger partial charge in [0, 0.05) is 5.69 Å². The van der Waals surface area contributed by atoms with Crippen LogP contribution in [0.25, 0.3) is 0 Å². The van der Waals surface area contributed by atoms with E-state index in [9.17, 15) is 14.4 Å². The Bertz CT molecular complexity index is 803. The fourth-order valence-electron chi connectivity index (χ4n) is 1.82. The lowest BCUT2D eigenvalue weighted by atomic mass is 9.87. The molecule has 1 aromatic carbocycles. The number of rotatable bonds is 4. The maximum Gasteiger partial charge on any atom is 0.342 e. The molecule has 0 aliphatic carbocycles. The summed E-state index contributed by atoms with van der Waals surface area (Å²) in [6.07, 6.45) is 0. The zero-order chi connectivity index (χ0) is 17.0. The monoisotopic (exact) mass is 334 g/mol. The minimum atomic E-state index is -0.678. The molecule has 1 amide bonds. The lowest BCUT2D eigenvalue weighted by Gasteiger charge is -2.19. The second kappa shape index (κ2) is 6.82. The van der Waals surface area contributed by atoms with Crippen molar-refractivity contribution in [2.75, 3.05) is 11.1 Å². The van der Waals surface area contributed by atoms with Crippen LogP contribution >= 0.6 is 11.8 Å². The standard InChI is InChI=1S/C15H18N4O3S/c1-15(2,3)9-4-6-10(7-5-9)16-11(20)8-23-13-12(21)17-14(22)19-18-13/h4-7H,8H2,1-3H3,(H,16,20)(H2,17,19,21,22). The number of amides is 1. The molecule has 0 atom stereocenters. The summed E-state index contributed by atoms with van der Waals surface area (Å²) in [4.78, 5) is 36.3. The number of aromatic amines is 2. The highest BCUT2D eigenvalue weighted by atomic mass is 32.2. The summed E-state index contributed by atoms with van der Waals surface area (Å²) in [6, 6.07) is 7.62. The second-order valence-corrected chi connectivity index (χ2v) is 6.94. The Balaban J connectivity index is 1.94. The van der Waals surface area contributed by atoms with E-state index in [1.165, 1.54) is 5.56 Å². The van der Waals surface area contributed by atoms with Crippen molar-refractivity contribution in [3.05, 3.63) is 50.7 Å². The highest BCUT2D eigenvalue weighted by Gasteiger charge is 2.13. The summed E-state index contributed by atoms with van der Waals surface area (Å²) in [7, 11) is 0. The van der Waals surface area contributed by atoms with E-state index in [2.05, 4.69) is 41.3 Å². The molecule has 122 valence electrons. The molecule has 0 radical (unpaired) electrons. The van der Waals surface area contributed by atoms with Crippen molar-refractivity contribution in [3.8, 4) is 0 Å². The molecule has 0 spiro atoms. The number of nitrogens with zero attached hydrogens (tertiary/aromatic N) is 1. The number of H-pyrrole nitrogens is 2. The van der Waals surface area contributed by atoms with Crippen LogP contribution in [0.5, 0.6) is 0 Å². The first kappa shape index (κ1) is 17.0. The molecule has 1 aromatic heterocycles. The van der Waals surface area contributed by atoms with Gasteiger partial charge in [-0.1, -0.05) is 44.7 Å². The van der Waals surface area contributed by atoms with Gasteiger partial charge in [-0.3, -0.25) is 14.6 Å². The van der Waals surface area contributed by atoms with E-state index in [1.54, 1.807) is 0 Å². The van der Waals surface area contributed by atoms with Crippen LogP contribution in [-0.4, -0.2) is 26.8 Å². The van der Waals surface area contributed by atoms with Crippen LogP contribution in [0.2, 0.25) is 0 Å². The van der Waals surface area contributed by atoms with Gasteiger partial charge in [0.2, 0.25) is 5.91 Å². The third kappa shape index (κ3) is 4.82. The van der Waals surface area contributed by atoms with Crippen LogP contribution in [0, 0.1) is 0 Å². The molecule has 0 aliphatic heterocycles. The number of hydrogen-bond donors (Lipinski definition) is 3. The van der Waals surface area contributed by atoms with Crippen LogP contribution in [0.4, 0.5) is 5.69 Å². The number of aromatic nitrogens is 3. The van der Waals surface area contributed by atoms with Crippen LogP contribution in [0.3, 0.4) is 0 Å². The molecule has 0 fully saturated rings. The molecule has 8 heteroatoms. The molecule has 3 N–H and O–H groups in total. The summed E-state index contributed by atoms with van der Waals surface area (Å²) in [6.45, 7) is 6.35. The molecule has 2 rings (SSSR count). The predicted octanol–water partition coefficient (Wildman–Crippen LogP) is 1.49. The largest absolute Gasteiger partial charge is 0.342 e. The first-order valence-electron chi connectivity index (χ1n) is 6.98. The van der Waals surface area contributed by atoms with E-state index in [0.29, 0.717) is 5.69 Å². The van der Waals surface area contributed by atoms with Gasteiger partial charge in [0.25, 0.3) is 5.56 Å². The third-order valence-electron chi connectivity index (χ3n) is 3.05. The van der Waals surface area contributed by atoms with E-state index >= 15 is 0 Å². The van der Waals surface area contributed by atoms with Crippen molar-refractivity contribution in [2.24, 2.45) is 0 Å². The van der Waals surface area contributed by atoms with Gasteiger partial charge < -0.3 is 5.32 Å².